The van der Waals surface area contributed by atoms with Crippen molar-refractivity contribution < 1.29 is 5.11 Å². The quantitative estimate of drug-likeness (QED) is 0.797. The van der Waals surface area contributed by atoms with Crippen LogP contribution in [0.3, 0.4) is 0 Å². The lowest BCUT2D eigenvalue weighted by molar-refractivity contribution is 0.460. The van der Waals surface area contributed by atoms with Gasteiger partial charge in [0.05, 0.1) is 4.47 Å². The van der Waals surface area contributed by atoms with Gasteiger partial charge in [-0.2, -0.15) is 0 Å². The molecule has 0 saturated heterocycles. The van der Waals surface area contributed by atoms with Gasteiger partial charge >= 0.3 is 0 Å². The summed E-state index contributed by atoms with van der Waals surface area (Å²) < 4.78 is 0.694. The summed E-state index contributed by atoms with van der Waals surface area (Å²) in [4.78, 5) is 0. The summed E-state index contributed by atoms with van der Waals surface area (Å²) in [6, 6.07) is 3.79. The molecule has 0 spiro atoms. The SMILES string of the molecule is Cc1ccc(C(C)(C)N)c(Br)c1O. The zero-order valence-corrected chi connectivity index (χ0v) is 9.64. The van der Waals surface area contributed by atoms with Crippen LogP contribution in [0.5, 0.6) is 5.75 Å². The Bertz CT molecular complexity index is 328. The third-order valence-electron chi connectivity index (χ3n) is 2.01. The van der Waals surface area contributed by atoms with Gasteiger partial charge < -0.3 is 10.8 Å². The van der Waals surface area contributed by atoms with Crippen LogP contribution in [0.4, 0.5) is 0 Å². The van der Waals surface area contributed by atoms with E-state index in [1.165, 1.54) is 0 Å². The smallest absolute Gasteiger partial charge is 0.133 e. The molecule has 1 aromatic carbocycles. The van der Waals surface area contributed by atoms with Crippen LogP contribution in [0.2, 0.25) is 0 Å². The molecule has 0 unspecified atom stereocenters. The van der Waals surface area contributed by atoms with Crippen molar-refractivity contribution in [3.05, 3.63) is 27.7 Å². The van der Waals surface area contributed by atoms with Crippen LogP contribution in [-0.2, 0) is 5.54 Å². The molecule has 0 aliphatic heterocycles. The highest BCUT2D eigenvalue weighted by Crippen LogP contribution is 2.35. The van der Waals surface area contributed by atoms with Gasteiger partial charge in [-0.05, 0) is 47.8 Å². The number of nitrogens with two attached hydrogens (primary N) is 1. The summed E-state index contributed by atoms with van der Waals surface area (Å²) in [6.07, 6.45) is 0. The van der Waals surface area contributed by atoms with Crippen LogP contribution >= 0.6 is 15.9 Å². The zero-order valence-electron chi connectivity index (χ0n) is 8.06. The highest BCUT2D eigenvalue weighted by atomic mass is 79.9. The van der Waals surface area contributed by atoms with Crippen LogP contribution in [0.15, 0.2) is 16.6 Å². The molecule has 0 saturated carbocycles. The second kappa shape index (κ2) is 3.31. The molecule has 2 nitrogen and oxygen atoms in total. The minimum absolute atomic E-state index is 0.274. The number of phenols is 1. The third-order valence-corrected chi connectivity index (χ3v) is 2.81. The van der Waals surface area contributed by atoms with Crippen LogP contribution in [0.1, 0.15) is 25.0 Å². The van der Waals surface area contributed by atoms with Gasteiger partial charge in [0.25, 0.3) is 0 Å². The molecule has 1 aromatic rings. The summed E-state index contributed by atoms with van der Waals surface area (Å²) >= 11 is 3.34. The Morgan fingerprint density at radius 3 is 2.38 bits per heavy atom. The van der Waals surface area contributed by atoms with Crippen molar-refractivity contribution in [3.63, 3.8) is 0 Å². The Labute approximate surface area is 86.9 Å². The van der Waals surface area contributed by atoms with Crippen molar-refractivity contribution in [1.82, 2.24) is 0 Å². The van der Waals surface area contributed by atoms with Gasteiger partial charge in [0.2, 0.25) is 0 Å². The number of rotatable bonds is 1. The van der Waals surface area contributed by atoms with E-state index >= 15 is 0 Å². The number of aryl methyl sites for hydroxylation is 1. The van der Waals surface area contributed by atoms with Crippen LogP contribution < -0.4 is 5.73 Å². The molecule has 0 heterocycles. The van der Waals surface area contributed by atoms with E-state index in [1.54, 1.807) is 0 Å². The first-order valence-electron chi connectivity index (χ1n) is 4.11. The number of aromatic hydroxyl groups is 1. The largest absolute Gasteiger partial charge is 0.506 e. The molecular formula is C10H14BrNO. The van der Waals surface area contributed by atoms with Crippen molar-refractivity contribution in [2.24, 2.45) is 5.73 Å². The summed E-state index contributed by atoms with van der Waals surface area (Å²) in [5.74, 6) is 0.274. The van der Waals surface area contributed by atoms with E-state index in [-0.39, 0.29) is 5.75 Å². The van der Waals surface area contributed by atoms with E-state index in [0.717, 1.165) is 11.1 Å². The lowest BCUT2D eigenvalue weighted by Gasteiger charge is -2.21. The molecule has 0 bridgehead atoms. The fraction of sp³-hybridized carbons (Fsp3) is 0.400. The standard InChI is InChI=1S/C10H14BrNO/c1-6-4-5-7(10(2,3)12)8(11)9(6)13/h4-5,13H,12H2,1-3H3. The van der Waals surface area contributed by atoms with Crippen molar-refractivity contribution in [3.8, 4) is 5.75 Å². The molecule has 0 amide bonds. The molecule has 1 rings (SSSR count). The van der Waals surface area contributed by atoms with Crippen molar-refractivity contribution >= 4 is 15.9 Å². The highest BCUT2D eigenvalue weighted by Gasteiger charge is 2.19. The van der Waals surface area contributed by atoms with E-state index in [2.05, 4.69) is 15.9 Å². The van der Waals surface area contributed by atoms with Crippen LogP contribution in [0, 0.1) is 6.92 Å². The van der Waals surface area contributed by atoms with Crippen LogP contribution in [0.25, 0.3) is 0 Å². The fourth-order valence-corrected chi connectivity index (χ4v) is 2.11. The minimum atomic E-state index is -0.440. The lowest BCUT2D eigenvalue weighted by Crippen LogP contribution is -2.29. The number of hydrogen-bond acceptors (Lipinski definition) is 2. The summed E-state index contributed by atoms with van der Waals surface area (Å²) in [5.41, 5.74) is 7.25. The second-order valence-corrected chi connectivity index (χ2v) is 4.61. The molecule has 72 valence electrons. The number of halogens is 1. The number of benzene rings is 1. The first kappa shape index (κ1) is 10.5. The predicted octanol–water partition coefficient (Wildman–Crippen LogP) is 2.66. The fourth-order valence-electron chi connectivity index (χ4n) is 1.16. The van der Waals surface area contributed by atoms with Gasteiger partial charge in [-0.25, -0.2) is 0 Å². The first-order valence-corrected chi connectivity index (χ1v) is 4.90. The Morgan fingerprint density at radius 1 is 1.38 bits per heavy atom. The number of hydrogen-bond donors (Lipinski definition) is 2. The summed E-state index contributed by atoms with van der Waals surface area (Å²) in [7, 11) is 0. The van der Waals surface area contributed by atoms with Gasteiger partial charge in [-0.15, -0.1) is 0 Å². The molecule has 3 N–H and O–H groups in total. The van der Waals surface area contributed by atoms with E-state index in [1.807, 2.05) is 32.9 Å². The van der Waals surface area contributed by atoms with E-state index in [0.29, 0.717) is 4.47 Å². The average molecular weight is 244 g/mol. The van der Waals surface area contributed by atoms with E-state index in [4.69, 9.17) is 5.73 Å². The van der Waals surface area contributed by atoms with Gasteiger partial charge in [0.15, 0.2) is 0 Å². The van der Waals surface area contributed by atoms with Gasteiger partial charge in [0, 0.05) is 5.54 Å². The Balaban J connectivity index is 3.35. The normalized spacial score (nSPS) is 11.8. The maximum atomic E-state index is 9.65. The van der Waals surface area contributed by atoms with E-state index in [9.17, 15) is 5.11 Å². The van der Waals surface area contributed by atoms with Gasteiger partial charge in [-0.3, -0.25) is 0 Å². The minimum Gasteiger partial charge on any atom is -0.506 e. The Hall–Kier alpha value is -0.540. The van der Waals surface area contributed by atoms with Gasteiger partial charge in [0.1, 0.15) is 5.75 Å². The molecule has 3 heteroatoms. The Kier molecular flexibility index (Phi) is 2.68. The van der Waals surface area contributed by atoms with Gasteiger partial charge in [-0.1, -0.05) is 12.1 Å². The maximum absolute atomic E-state index is 9.65. The average Bonchev–Trinajstić information content (AvgIpc) is 1.98. The Morgan fingerprint density at radius 2 is 1.92 bits per heavy atom. The lowest BCUT2D eigenvalue weighted by atomic mass is 9.94. The monoisotopic (exact) mass is 243 g/mol. The molecule has 13 heavy (non-hydrogen) atoms. The summed E-state index contributed by atoms with van der Waals surface area (Å²) in [6.45, 7) is 5.66. The molecule has 0 aromatic heterocycles. The highest BCUT2D eigenvalue weighted by molar-refractivity contribution is 9.10. The van der Waals surface area contributed by atoms with Crippen molar-refractivity contribution in [2.45, 2.75) is 26.3 Å². The molecule has 0 radical (unpaired) electrons. The first-order chi connectivity index (χ1) is 5.84. The topological polar surface area (TPSA) is 46.2 Å². The van der Waals surface area contributed by atoms with Crippen LogP contribution in [-0.4, -0.2) is 5.11 Å². The molecule has 0 atom stereocenters. The maximum Gasteiger partial charge on any atom is 0.133 e. The molecule has 0 aliphatic rings. The predicted molar refractivity (Wildman–Crippen MR) is 57.8 cm³/mol. The van der Waals surface area contributed by atoms with Crippen molar-refractivity contribution in [1.29, 1.82) is 0 Å². The zero-order chi connectivity index (χ0) is 10.2. The molecule has 0 fully saturated rings. The van der Waals surface area contributed by atoms with Crippen molar-refractivity contribution in [2.75, 3.05) is 0 Å². The molecule has 0 aliphatic carbocycles. The third kappa shape index (κ3) is 2.03. The molecular weight excluding hydrogens is 230 g/mol. The number of phenolic OH excluding ortho intramolecular Hbond substituents is 1. The second-order valence-electron chi connectivity index (χ2n) is 3.81. The summed E-state index contributed by atoms with van der Waals surface area (Å²) in [5, 5.41) is 9.65. The van der Waals surface area contributed by atoms with E-state index < -0.39 is 5.54 Å².